The predicted molar refractivity (Wildman–Crippen MR) is 84.9 cm³/mol. The van der Waals surface area contributed by atoms with E-state index in [9.17, 15) is 0 Å². The third-order valence-electron chi connectivity index (χ3n) is 3.12. The van der Waals surface area contributed by atoms with Crippen molar-refractivity contribution in [2.75, 3.05) is 0 Å². The Kier molecular flexibility index (Phi) is 3.85. The summed E-state index contributed by atoms with van der Waals surface area (Å²) in [4.78, 5) is 4.29. The Morgan fingerprint density at radius 3 is 2.90 bits per heavy atom. The summed E-state index contributed by atoms with van der Waals surface area (Å²) in [5, 5.41) is 10.2. The van der Waals surface area contributed by atoms with Gasteiger partial charge in [-0.05, 0) is 42.0 Å². The van der Waals surface area contributed by atoms with Crippen LogP contribution in [0.2, 0.25) is 0 Å². The highest BCUT2D eigenvalue weighted by Crippen LogP contribution is 2.23. The highest BCUT2D eigenvalue weighted by molar-refractivity contribution is 9.10. The van der Waals surface area contributed by atoms with E-state index in [-0.39, 0.29) is 0 Å². The van der Waals surface area contributed by atoms with Crippen LogP contribution in [-0.2, 0) is 6.61 Å². The standard InChI is InChI=1S/C17H11BrN2O/c18-15-4-6-17(14(9-15)10-19)21-11-12-3-5-16-13(8-12)2-1-7-20-16/h1-9H,11H2. The van der Waals surface area contributed by atoms with Gasteiger partial charge in [-0.1, -0.05) is 28.1 Å². The molecule has 0 atom stereocenters. The third kappa shape index (κ3) is 3.04. The van der Waals surface area contributed by atoms with Crippen molar-refractivity contribution in [3.63, 3.8) is 0 Å². The average Bonchev–Trinajstić information content (AvgIpc) is 2.53. The molecule has 0 aliphatic heterocycles. The second kappa shape index (κ2) is 5.94. The second-order valence-electron chi connectivity index (χ2n) is 4.57. The van der Waals surface area contributed by atoms with E-state index in [2.05, 4.69) is 27.0 Å². The number of nitrogens with zero attached hydrogens (tertiary/aromatic N) is 2. The minimum Gasteiger partial charge on any atom is -0.488 e. The fraction of sp³-hybridized carbons (Fsp3) is 0.0588. The number of hydrogen-bond acceptors (Lipinski definition) is 3. The number of benzene rings is 2. The van der Waals surface area contributed by atoms with E-state index in [4.69, 9.17) is 10.00 Å². The van der Waals surface area contributed by atoms with Crippen molar-refractivity contribution in [3.8, 4) is 11.8 Å². The van der Waals surface area contributed by atoms with Crippen LogP contribution in [0.1, 0.15) is 11.1 Å². The van der Waals surface area contributed by atoms with Crippen LogP contribution in [0.5, 0.6) is 5.75 Å². The monoisotopic (exact) mass is 338 g/mol. The number of rotatable bonds is 3. The van der Waals surface area contributed by atoms with E-state index in [1.807, 2.05) is 36.4 Å². The maximum atomic E-state index is 9.12. The van der Waals surface area contributed by atoms with Gasteiger partial charge >= 0.3 is 0 Å². The first-order valence-corrected chi connectivity index (χ1v) is 7.22. The van der Waals surface area contributed by atoms with Gasteiger partial charge in [0, 0.05) is 16.1 Å². The Labute approximate surface area is 130 Å². The van der Waals surface area contributed by atoms with Gasteiger partial charge in [0.2, 0.25) is 0 Å². The minimum absolute atomic E-state index is 0.418. The Bertz CT molecular complexity index is 840. The predicted octanol–water partition coefficient (Wildman–Crippen LogP) is 4.45. The Morgan fingerprint density at radius 1 is 1.14 bits per heavy atom. The van der Waals surface area contributed by atoms with Crippen LogP contribution in [0.15, 0.2) is 59.2 Å². The SMILES string of the molecule is N#Cc1cc(Br)ccc1OCc1ccc2ncccc2c1. The quantitative estimate of drug-likeness (QED) is 0.708. The van der Waals surface area contributed by atoms with Gasteiger partial charge in [-0.25, -0.2) is 0 Å². The second-order valence-corrected chi connectivity index (χ2v) is 5.49. The molecule has 0 aliphatic carbocycles. The molecule has 0 radical (unpaired) electrons. The van der Waals surface area contributed by atoms with E-state index in [1.54, 1.807) is 18.3 Å². The molecule has 3 aromatic rings. The lowest BCUT2D eigenvalue weighted by atomic mass is 10.1. The van der Waals surface area contributed by atoms with Crippen molar-refractivity contribution in [1.29, 1.82) is 5.26 Å². The molecule has 1 aromatic heterocycles. The summed E-state index contributed by atoms with van der Waals surface area (Å²) in [5.41, 5.74) is 2.52. The van der Waals surface area contributed by atoms with Gasteiger partial charge in [0.05, 0.1) is 11.1 Å². The minimum atomic E-state index is 0.418. The highest BCUT2D eigenvalue weighted by Gasteiger charge is 2.05. The van der Waals surface area contributed by atoms with Crippen molar-refractivity contribution in [2.24, 2.45) is 0 Å². The first-order valence-electron chi connectivity index (χ1n) is 6.42. The summed E-state index contributed by atoms with van der Waals surface area (Å²) in [6, 6.07) is 17.5. The van der Waals surface area contributed by atoms with Crippen LogP contribution < -0.4 is 4.74 Å². The number of pyridine rings is 1. The molecule has 0 unspecified atom stereocenters. The van der Waals surface area contributed by atoms with Crippen LogP contribution >= 0.6 is 15.9 Å². The van der Waals surface area contributed by atoms with Crippen molar-refractivity contribution in [1.82, 2.24) is 4.98 Å². The maximum Gasteiger partial charge on any atom is 0.137 e. The zero-order chi connectivity index (χ0) is 14.7. The Morgan fingerprint density at radius 2 is 2.05 bits per heavy atom. The maximum absolute atomic E-state index is 9.12. The Hall–Kier alpha value is -2.38. The molecule has 0 aliphatic rings. The summed E-state index contributed by atoms with van der Waals surface area (Å²) in [7, 11) is 0. The molecule has 0 N–H and O–H groups in total. The number of aromatic nitrogens is 1. The van der Waals surface area contributed by atoms with Gasteiger partial charge in [-0.15, -0.1) is 0 Å². The molecule has 0 saturated heterocycles. The number of hydrogen-bond donors (Lipinski definition) is 0. The van der Waals surface area contributed by atoms with E-state index < -0.39 is 0 Å². The number of halogens is 1. The lowest BCUT2D eigenvalue weighted by Crippen LogP contribution is -1.97. The largest absolute Gasteiger partial charge is 0.488 e. The molecule has 0 spiro atoms. The van der Waals surface area contributed by atoms with Crippen molar-refractivity contribution >= 4 is 26.8 Å². The fourth-order valence-corrected chi connectivity index (χ4v) is 2.45. The molecule has 0 saturated carbocycles. The van der Waals surface area contributed by atoms with Crippen molar-refractivity contribution in [3.05, 3.63) is 70.3 Å². The molecular formula is C17H11BrN2O. The lowest BCUT2D eigenvalue weighted by molar-refractivity contribution is 0.305. The van der Waals surface area contributed by atoms with E-state index in [1.165, 1.54) is 0 Å². The van der Waals surface area contributed by atoms with Gasteiger partial charge in [-0.3, -0.25) is 4.98 Å². The highest BCUT2D eigenvalue weighted by atomic mass is 79.9. The van der Waals surface area contributed by atoms with Gasteiger partial charge in [0.1, 0.15) is 18.4 Å². The molecule has 0 amide bonds. The molecular weight excluding hydrogens is 328 g/mol. The summed E-state index contributed by atoms with van der Waals surface area (Å²) in [5.74, 6) is 0.590. The van der Waals surface area contributed by atoms with Gasteiger partial charge < -0.3 is 4.74 Å². The van der Waals surface area contributed by atoms with Crippen molar-refractivity contribution in [2.45, 2.75) is 6.61 Å². The zero-order valence-electron chi connectivity index (χ0n) is 11.1. The number of ether oxygens (including phenoxy) is 1. The number of nitriles is 1. The zero-order valence-corrected chi connectivity index (χ0v) is 12.7. The molecule has 21 heavy (non-hydrogen) atoms. The van der Waals surface area contributed by atoms with Crippen LogP contribution in [0.25, 0.3) is 10.9 Å². The normalized spacial score (nSPS) is 10.3. The Balaban J connectivity index is 1.82. The third-order valence-corrected chi connectivity index (χ3v) is 3.62. The molecule has 102 valence electrons. The van der Waals surface area contributed by atoms with Gasteiger partial charge in [0.25, 0.3) is 0 Å². The smallest absolute Gasteiger partial charge is 0.137 e. The van der Waals surface area contributed by atoms with Gasteiger partial charge in [-0.2, -0.15) is 5.26 Å². The summed E-state index contributed by atoms with van der Waals surface area (Å²) >= 11 is 3.35. The average molecular weight is 339 g/mol. The molecule has 3 nitrogen and oxygen atoms in total. The van der Waals surface area contributed by atoms with E-state index in [0.717, 1.165) is 20.9 Å². The molecule has 0 bridgehead atoms. The topological polar surface area (TPSA) is 45.9 Å². The fourth-order valence-electron chi connectivity index (χ4n) is 2.09. The molecule has 1 heterocycles. The number of fused-ring (bicyclic) bond motifs is 1. The van der Waals surface area contributed by atoms with Crippen molar-refractivity contribution < 1.29 is 4.74 Å². The van der Waals surface area contributed by atoms with Crippen LogP contribution in [0.3, 0.4) is 0 Å². The molecule has 4 heteroatoms. The summed E-state index contributed by atoms with van der Waals surface area (Å²) in [6.45, 7) is 0.418. The first-order chi connectivity index (χ1) is 10.3. The molecule has 2 aromatic carbocycles. The van der Waals surface area contributed by atoms with Crippen LogP contribution in [0.4, 0.5) is 0 Å². The summed E-state index contributed by atoms with van der Waals surface area (Å²) < 4.78 is 6.62. The van der Waals surface area contributed by atoms with Crippen LogP contribution in [0, 0.1) is 11.3 Å². The van der Waals surface area contributed by atoms with Gasteiger partial charge in [0.15, 0.2) is 0 Å². The summed E-state index contributed by atoms with van der Waals surface area (Å²) in [6.07, 6.45) is 1.78. The van der Waals surface area contributed by atoms with E-state index in [0.29, 0.717) is 17.9 Å². The molecule has 3 rings (SSSR count). The lowest BCUT2D eigenvalue weighted by Gasteiger charge is -2.09. The van der Waals surface area contributed by atoms with Crippen LogP contribution in [-0.4, -0.2) is 4.98 Å². The first kappa shape index (κ1) is 13.6. The molecule has 0 fully saturated rings. The van der Waals surface area contributed by atoms with E-state index >= 15 is 0 Å².